The van der Waals surface area contributed by atoms with Gasteiger partial charge in [0.25, 0.3) is 0 Å². The van der Waals surface area contributed by atoms with E-state index >= 15 is 0 Å². The van der Waals surface area contributed by atoms with Gasteiger partial charge in [0, 0.05) is 0 Å². The van der Waals surface area contributed by atoms with Gasteiger partial charge in [-0.05, 0) is 0 Å². The molecule has 0 radical (unpaired) electrons. The van der Waals surface area contributed by atoms with Gasteiger partial charge < -0.3 is 0 Å². The van der Waals surface area contributed by atoms with E-state index in [1.165, 1.54) is 0 Å². The van der Waals surface area contributed by atoms with Crippen LogP contribution in [0.2, 0.25) is 0 Å². The van der Waals surface area contributed by atoms with Crippen LogP contribution in [-0.4, -0.2) is 0 Å². The number of halogens is 1. The Bertz CT molecular complexity index is 13.5. The van der Waals surface area contributed by atoms with Crippen molar-refractivity contribution in [2.75, 3.05) is 0 Å². The van der Waals surface area contributed by atoms with Gasteiger partial charge in [-0.15, -0.1) is 12.4 Å². The van der Waals surface area contributed by atoms with E-state index in [0.29, 0.717) is 0 Å². The van der Waals surface area contributed by atoms with Crippen molar-refractivity contribution in [3.05, 3.63) is 11.1 Å². The molecule has 29 valence electrons. The summed E-state index contributed by atoms with van der Waals surface area (Å²) in [6.07, 6.45) is 0. The third kappa shape index (κ3) is 16.1. The zero-order valence-electron chi connectivity index (χ0n) is 2.01. The predicted molar refractivity (Wildman–Crippen MR) is 17.4 cm³/mol. The monoisotopic (exact) mass is 169 g/mol. The van der Waals surface area contributed by atoms with E-state index in [4.69, 9.17) is 0 Å². The normalized spacial score (nSPS) is 3.50. The van der Waals surface area contributed by atoms with E-state index in [9.17, 15) is 0 Å². The first-order valence-corrected chi connectivity index (χ1v) is 1.49. The minimum absolute atomic E-state index is 0. The topological polar surface area (TPSA) is 0 Å². The van der Waals surface area contributed by atoms with Gasteiger partial charge in [-0.3, -0.25) is 0 Å². The molecule has 0 unspecified atom stereocenters. The maximum atomic E-state index is 3.29. The molecule has 0 bridgehead atoms. The molecule has 0 heterocycles. The molecule has 0 atom stereocenters. The van der Waals surface area contributed by atoms with E-state index in [1.807, 2.05) is 0 Å². The van der Waals surface area contributed by atoms with Crippen LogP contribution in [0.15, 0.2) is 11.1 Å². The second-order valence-electron chi connectivity index (χ2n) is 0.129. The smallest absolute Gasteiger partial charge is 0.147 e. The number of hydrogen-bond acceptors (Lipinski definition) is 0. The quantitative estimate of drug-likeness (QED) is 0.477. The third-order valence-electron chi connectivity index (χ3n) is 0. The molecule has 0 aliphatic heterocycles. The fourth-order valence-electron chi connectivity index (χ4n) is 0. The van der Waals surface area contributed by atoms with Gasteiger partial charge in [0.1, 0.15) is 0 Å². The van der Waals surface area contributed by atoms with Crippen LogP contribution in [0.1, 0.15) is 0 Å². The second-order valence-corrected chi connectivity index (χ2v) is 0.764. The fourth-order valence-corrected chi connectivity index (χ4v) is 0. The van der Waals surface area contributed by atoms with Gasteiger partial charge in [0.15, 0.2) is 0 Å². The van der Waals surface area contributed by atoms with Gasteiger partial charge >= 0.3 is 30.3 Å². The van der Waals surface area contributed by atoms with Crippen molar-refractivity contribution in [2.24, 2.45) is 0 Å². The minimum atomic E-state index is 0. The summed E-state index contributed by atoms with van der Waals surface area (Å²) in [5.74, 6) is 0. The molecule has 0 aromatic carbocycles. The van der Waals surface area contributed by atoms with Gasteiger partial charge in [-0.2, -0.15) is 0 Å². The Balaban J connectivity index is 0. The van der Waals surface area contributed by atoms with Crippen molar-refractivity contribution in [1.29, 1.82) is 0 Å². The minimum Gasteiger partial charge on any atom is -0.147 e. The molecule has 0 nitrogen and oxygen atoms in total. The first kappa shape index (κ1) is 8.83. The third-order valence-corrected chi connectivity index (χ3v) is 0. The molecule has 0 saturated heterocycles. The van der Waals surface area contributed by atoms with Crippen LogP contribution in [0.4, 0.5) is 0 Å². The Morgan fingerprint density at radius 3 is 1.75 bits per heavy atom. The molecule has 0 fully saturated rings. The summed E-state index contributed by atoms with van der Waals surface area (Å²) >= 11 is 2.71. The molecule has 2 heteroatoms. The van der Waals surface area contributed by atoms with E-state index in [2.05, 4.69) is 25.8 Å². The number of hydrogen-bond donors (Lipinski definition) is 0. The summed E-state index contributed by atoms with van der Waals surface area (Å²) in [6.45, 7) is 3.29. The molecule has 0 amide bonds. The molecule has 0 saturated carbocycles. The van der Waals surface area contributed by atoms with Gasteiger partial charge in [0.05, 0.1) is 0 Å². The fraction of sp³-hybridized carbons (Fsp3) is 0. The van der Waals surface area contributed by atoms with Crippen molar-refractivity contribution in [3.63, 3.8) is 0 Å². The van der Waals surface area contributed by atoms with E-state index in [-0.39, 0.29) is 12.4 Å². The Morgan fingerprint density at radius 1 is 1.75 bits per heavy atom. The predicted octanol–water partition coefficient (Wildman–Crippen LogP) is 1.10. The van der Waals surface area contributed by atoms with E-state index in [0.717, 1.165) is 0 Å². The Hall–Kier alpha value is 0.692. The Kier molecular flexibility index (Phi) is 20.6. The summed E-state index contributed by atoms with van der Waals surface area (Å²) in [5, 5.41) is 0. The van der Waals surface area contributed by atoms with Crippen LogP contribution in [0, 0.1) is 0 Å². The zero-order valence-corrected chi connectivity index (χ0v) is 4.38. The van der Waals surface area contributed by atoms with Crippen LogP contribution in [0.3, 0.4) is 0 Å². The molecule has 0 aliphatic carbocycles. The van der Waals surface area contributed by atoms with Crippen molar-refractivity contribution in [3.8, 4) is 0 Å². The summed E-state index contributed by atoms with van der Waals surface area (Å²) < 4.78 is 1.60. The zero-order chi connectivity index (χ0) is 2.71. The largest absolute Gasteiger partial charge is 0.147 e. The van der Waals surface area contributed by atoms with Crippen LogP contribution in [0.5, 0.6) is 0 Å². The summed E-state index contributed by atoms with van der Waals surface area (Å²) in [7, 11) is 0. The molecular formula is C2H4ClPd. The Labute approximate surface area is 43.1 Å². The molecule has 4 heavy (non-hydrogen) atoms. The molecule has 0 aliphatic rings. The van der Waals surface area contributed by atoms with E-state index < -0.39 is 0 Å². The molecule has 0 aromatic rings. The molecular weight excluding hydrogens is 166 g/mol. The second kappa shape index (κ2) is 9.35. The van der Waals surface area contributed by atoms with Crippen molar-refractivity contribution < 1.29 is 19.2 Å². The molecule has 0 N–H and O–H groups in total. The van der Waals surface area contributed by atoms with Crippen LogP contribution < -0.4 is 0 Å². The maximum absolute atomic E-state index is 3.29. The van der Waals surface area contributed by atoms with Gasteiger partial charge in [-0.25, -0.2) is 0 Å². The van der Waals surface area contributed by atoms with Crippen LogP contribution in [0.25, 0.3) is 0 Å². The molecule has 0 spiro atoms. The Morgan fingerprint density at radius 2 is 1.75 bits per heavy atom. The van der Waals surface area contributed by atoms with Gasteiger partial charge in [0.2, 0.25) is 0 Å². The SMILES string of the molecule is C=[CH][Pd].Cl. The number of rotatable bonds is 0. The standard InChI is InChI=1S/C2H3.ClH.Pd/c1-2;;/h1H,2H2;1H;. The van der Waals surface area contributed by atoms with Crippen molar-refractivity contribution in [2.45, 2.75) is 0 Å². The maximum Gasteiger partial charge on any atom is -0.147 e. The average molecular weight is 170 g/mol. The van der Waals surface area contributed by atoms with E-state index in [1.54, 1.807) is 4.55 Å². The van der Waals surface area contributed by atoms with Crippen molar-refractivity contribution >= 4 is 12.4 Å². The van der Waals surface area contributed by atoms with Crippen LogP contribution in [-0.2, 0) is 19.2 Å². The first-order chi connectivity index (χ1) is 1.41. The summed E-state index contributed by atoms with van der Waals surface area (Å²) in [4.78, 5) is 0. The van der Waals surface area contributed by atoms with Gasteiger partial charge in [-0.1, -0.05) is 0 Å². The summed E-state index contributed by atoms with van der Waals surface area (Å²) in [6, 6.07) is 0. The average Bonchev–Trinajstić information content (AvgIpc) is 0.918. The molecule has 0 aromatic heterocycles. The summed E-state index contributed by atoms with van der Waals surface area (Å²) in [5.41, 5.74) is 0. The van der Waals surface area contributed by atoms with Crippen LogP contribution >= 0.6 is 12.4 Å². The molecule has 0 rings (SSSR count). The first-order valence-electron chi connectivity index (χ1n) is 0.591. The van der Waals surface area contributed by atoms with Crippen molar-refractivity contribution in [1.82, 2.24) is 0 Å².